The van der Waals surface area contributed by atoms with Crippen molar-refractivity contribution >= 4 is 29.0 Å². The molecule has 0 unspecified atom stereocenters. The zero-order chi connectivity index (χ0) is 18.0. The molecule has 0 fully saturated rings. The summed E-state index contributed by atoms with van der Waals surface area (Å²) in [4.78, 5) is 14.4. The first-order chi connectivity index (χ1) is 11.9. The quantitative estimate of drug-likeness (QED) is 0.763. The number of hydrogen-bond acceptors (Lipinski definition) is 6. The van der Waals surface area contributed by atoms with E-state index in [0.29, 0.717) is 17.0 Å². The van der Waals surface area contributed by atoms with Crippen molar-refractivity contribution in [3.05, 3.63) is 16.5 Å². The lowest BCUT2D eigenvalue weighted by atomic mass is 9.90. The summed E-state index contributed by atoms with van der Waals surface area (Å²) in [5, 5.41) is 11.7. The molecular formula is C18H25N3O2S2. The third kappa shape index (κ3) is 4.64. The Balaban J connectivity index is 1.59. The molecule has 1 aliphatic rings. The summed E-state index contributed by atoms with van der Waals surface area (Å²) in [6.45, 7) is 8.48. The summed E-state index contributed by atoms with van der Waals surface area (Å²) in [7, 11) is 0. The van der Waals surface area contributed by atoms with Gasteiger partial charge in [0.2, 0.25) is 5.91 Å². The number of thiophene rings is 1. The first-order valence-corrected chi connectivity index (χ1v) is 10.6. The standard InChI is InChI=1S/C18H25N3O2S2/c1-10(2)12(4)19-16(22)9-24-18-21-20-17(23-18)15-8-13-7-11(3)5-6-14(13)25-15/h8,10-12H,5-7,9H2,1-4H3,(H,19,22)/t11-,12-/m1/s1. The van der Waals surface area contributed by atoms with Crippen LogP contribution in [-0.4, -0.2) is 27.9 Å². The molecule has 2 aromatic heterocycles. The first kappa shape index (κ1) is 18.5. The Hall–Kier alpha value is -1.34. The van der Waals surface area contributed by atoms with E-state index in [2.05, 4.69) is 42.4 Å². The number of aryl methyl sites for hydroxylation is 1. The molecule has 1 amide bonds. The predicted octanol–water partition coefficient (Wildman–Crippen LogP) is 4.18. The van der Waals surface area contributed by atoms with Gasteiger partial charge in [-0.2, -0.15) is 0 Å². The van der Waals surface area contributed by atoms with Crippen LogP contribution in [0.5, 0.6) is 0 Å². The highest BCUT2D eigenvalue weighted by atomic mass is 32.2. The van der Waals surface area contributed by atoms with Gasteiger partial charge in [0.25, 0.3) is 11.1 Å². The summed E-state index contributed by atoms with van der Waals surface area (Å²) in [6.07, 6.45) is 3.53. The van der Waals surface area contributed by atoms with Gasteiger partial charge in [-0.15, -0.1) is 21.5 Å². The summed E-state index contributed by atoms with van der Waals surface area (Å²) in [5.41, 5.74) is 1.42. The van der Waals surface area contributed by atoms with Gasteiger partial charge < -0.3 is 9.73 Å². The van der Waals surface area contributed by atoms with Gasteiger partial charge in [0.15, 0.2) is 0 Å². The minimum Gasteiger partial charge on any atom is -0.410 e. The molecule has 2 heterocycles. The fourth-order valence-electron chi connectivity index (χ4n) is 2.77. The maximum Gasteiger partial charge on any atom is 0.277 e. The van der Waals surface area contributed by atoms with Crippen LogP contribution in [0.25, 0.3) is 10.8 Å². The van der Waals surface area contributed by atoms with Crippen LogP contribution in [0.4, 0.5) is 0 Å². The van der Waals surface area contributed by atoms with Crippen molar-refractivity contribution in [3.8, 4) is 10.8 Å². The minimum atomic E-state index is -0.00785. The maximum absolute atomic E-state index is 12.0. The van der Waals surface area contributed by atoms with E-state index in [4.69, 9.17) is 4.42 Å². The molecule has 1 aliphatic carbocycles. The number of aromatic nitrogens is 2. The molecule has 0 aliphatic heterocycles. The lowest BCUT2D eigenvalue weighted by Crippen LogP contribution is -2.37. The molecule has 0 radical (unpaired) electrons. The van der Waals surface area contributed by atoms with Gasteiger partial charge in [-0.05, 0) is 49.7 Å². The predicted molar refractivity (Wildman–Crippen MR) is 102 cm³/mol. The van der Waals surface area contributed by atoms with Crippen LogP contribution >= 0.6 is 23.1 Å². The van der Waals surface area contributed by atoms with Gasteiger partial charge in [0.05, 0.1) is 10.6 Å². The number of amides is 1. The van der Waals surface area contributed by atoms with Crippen molar-refractivity contribution in [3.63, 3.8) is 0 Å². The SMILES string of the molecule is CC(C)[C@@H](C)NC(=O)CSc1nnc(-c2cc3c(s2)CC[C@@H](C)C3)o1. The van der Waals surface area contributed by atoms with E-state index in [0.717, 1.165) is 23.6 Å². The van der Waals surface area contributed by atoms with Crippen molar-refractivity contribution in [2.24, 2.45) is 11.8 Å². The van der Waals surface area contributed by atoms with Crippen molar-refractivity contribution < 1.29 is 9.21 Å². The van der Waals surface area contributed by atoms with Crippen molar-refractivity contribution in [2.45, 2.75) is 58.2 Å². The Morgan fingerprint density at radius 2 is 2.24 bits per heavy atom. The Labute approximate surface area is 157 Å². The molecule has 2 atom stereocenters. The smallest absolute Gasteiger partial charge is 0.277 e. The molecule has 2 aromatic rings. The third-order valence-corrected chi connectivity index (χ3v) is 6.71. The Bertz CT molecular complexity index is 739. The molecule has 25 heavy (non-hydrogen) atoms. The molecule has 5 nitrogen and oxygen atoms in total. The fraction of sp³-hybridized carbons (Fsp3) is 0.611. The minimum absolute atomic E-state index is 0.00785. The number of hydrogen-bond donors (Lipinski definition) is 1. The summed E-state index contributed by atoms with van der Waals surface area (Å²) >= 11 is 3.04. The van der Waals surface area contributed by atoms with E-state index in [9.17, 15) is 4.79 Å². The molecule has 0 saturated heterocycles. The Morgan fingerprint density at radius 3 is 3.00 bits per heavy atom. The van der Waals surface area contributed by atoms with E-state index in [1.807, 2.05) is 6.92 Å². The van der Waals surface area contributed by atoms with Crippen LogP contribution in [-0.2, 0) is 17.6 Å². The lowest BCUT2D eigenvalue weighted by Gasteiger charge is -2.16. The van der Waals surface area contributed by atoms with Crippen molar-refractivity contribution in [1.82, 2.24) is 15.5 Å². The number of nitrogens with one attached hydrogen (secondary N) is 1. The average molecular weight is 380 g/mol. The second-order valence-electron chi connectivity index (χ2n) is 7.17. The number of carbonyl (C=O) groups excluding carboxylic acids is 1. The molecule has 1 N–H and O–H groups in total. The molecule has 0 spiro atoms. The second kappa shape index (κ2) is 7.91. The molecule has 3 rings (SSSR count). The topological polar surface area (TPSA) is 68.0 Å². The normalized spacial score (nSPS) is 18.2. The Kier molecular flexibility index (Phi) is 5.84. The van der Waals surface area contributed by atoms with Crippen LogP contribution in [0, 0.1) is 11.8 Å². The zero-order valence-corrected chi connectivity index (χ0v) is 16.8. The first-order valence-electron chi connectivity index (χ1n) is 8.80. The van der Waals surface area contributed by atoms with Crippen LogP contribution in [0.15, 0.2) is 15.7 Å². The van der Waals surface area contributed by atoms with Gasteiger partial charge in [0, 0.05) is 10.9 Å². The molecule has 0 saturated carbocycles. The lowest BCUT2D eigenvalue weighted by molar-refractivity contribution is -0.119. The van der Waals surface area contributed by atoms with Gasteiger partial charge in [0.1, 0.15) is 0 Å². The maximum atomic E-state index is 12.0. The molecule has 0 aromatic carbocycles. The van der Waals surface area contributed by atoms with E-state index in [1.54, 1.807) is 11.3 Å². The largest absolute Gasteiger partial charge is 0.410 e. The molecule has 7 heteroatoms. The average Bonchev–Trinajstić information content (AvgIpc) is 3.18. The molecule has 136 valence electrons. The summed E-state index contributed by atoms with van der Waals surface area (Å²) in [6, 6.07) is 2.35. The highest BCUT2D eigenvalue weighted by molar-refractivity contribution is 7.99. The van der Waals surface area contributed by atoms with E-state index < -0.39 is 0 Å². The Morgan fingerprint density at radius 1 is 1.44 bits per heavy atom. The number of nitrogens with zero attached hydrogens (tertiary/aromatic N) is 2. The number of rotatable bonds is 6. The van der Waals surface area contributed by atoms with Gasteiger partial charge in [-0.3, -0.25) is 4.79 Å². The summed E-state index contributed by atoms with van der Waals surface area (Å²) in [5.74, 6) is 2.00. The van der Waals surface area contributed by atoms with Crippen LogP contribution in [0.3, 0.4) is 0 Å². The van der Waals surface area contributed by atoms with Gasteiger partial charge in [-0.25, -0.2) is 0 Å². The number of carbonyl (C=O) groups is 1. The number of thioether (sulfide) groups is 1. The fourth-order valence-corrected chi connectivity index (χ4v) is 4.47. The van der Waals surface area contributed by atoms with E-state index >= 15 is 0 Å². The highest BCUT2D eigenvalue weighted by Crippen LogP contribution is 2.37. The third-order valence-electron chi connectivity index (χ3n) is 4.66. The van der Waals surface area contributed by atoms with Gasteiger partial charge >= 0.3 is 0 Å². The van der Waals surface area contributed by atoms with Crippen molar-refractivity contribution in [1.29, 1.82) is 0 Å². The van der Waals surface area contributed by atoms with Crippen LogP contribution in [0.1, 0.15) is 44.6 Å². The van der Waals surface area contributed by atoms with Crippen molar-refractivity contribution in [2.75, 3.05) is 5.75 Å². The second-order valence-corrected chi connectivity index (χ2v) is 9.23. The summed E-state index contributed by atoms with van der Waals surface area (Å²) < 4.78 is 5.75. The van der Waals surface area contributed by atoms with E-state index in [1.165, 1.54) is 28.6 Å². The number of fused-ring (bicyclic) bond motifs is 1. The zero-order valence-electron chi connectivity index (χ0n) is 15.2. The van der Waals surface area contributed by atoms with Gasteiger partial charge in [-0.1, -0.05) is 32.5 Å². The molecule has 0 bridgehead atoms. The monoisotopic (exact) mass is 379 g/mol. The molecular weight excluding hydrogens is 354 g/mol. The van der Waals surface area contributed by atoms with E-state index in [-0.39, 0.29) is 17.7 Å². The van der Waals surface area contributed by atoms with Crippen LogP contribution < -0.4 is 5.32 Å². The van der Waals surface area contributed by atoms with Crippen LogP contribution in [0.2, 0.25) is 0 Å². The highest BCUT2D eigenvalue weighted by Gasteiger charge is 2.21.